The van der Waals surface area contributed by atoms with Gasteiger partial charge < -0.3 is 9.88 Å². The highest BCUT2D eigenvalue weighted by atomic mass is 35.5. The van der Waals surface area contributed by atoms with Crippen LogP contribution in [0.15, 0.2) is 12.3 Å². The number of amides is 1. The fraction of sp³-hybridized carbons (Fsp3) is 0.375. The molecule has 3 rings (SSSR count). The van der Waals surface area contributed by atoms with Gasteiger partial charge in [0.25, 0.3) is 5.91 Å². The van der Waals surface area contributed by atoms with Crippen LogP contribution in [0.25, 0.3) is 0 Å². The SMILES string of the molecule is Cc1cc(C(=O)NCc2ncc(Cl)n2C)c2c(n1)CCCC2=O. The Morgan fingerprint density at radius 1 is 1.43 bits per heavy atom. The first-order valence-corrected chi connectivity index (χ1v) is 7.83. The van der Waals surface area contributed by atoms with Crippen molar-refractivity contribution in [2.45, 2.75) is 32.7 Å². The number of aryl methyl sites for hydroxylation is 2. The van der Waals surface area contributed by atoms with E-state index >= 15 is 0 Å². The van der Waals surface area contributed by atoms with Crippen LogP contribution in [0.2, 0.25) is 5.15 Å². The van der Waals surface area contributed by atoms with Crippen LogP contribution in [0.1, 0.15) is 50.8 Å². The summed E-state index contributed by atoms with van der Waals surface area (Å²) in [6, 6.07) is 1.67. The molecule has 1 amide bonds. The topological polar surface area (TPSA) is 76.9 Å². The van der Waals surface area contributed by atoms with Gasteiger partial charge in [-0.25, -0.2) is 4.98 Å². The van der Waals surface area contributed by atoms with Crippen molar-refractivity contribution in [2.75, 3.05) is 0 Å². The third-order valence-electron chi connectivity index (χ3n) is 4.00. The number of hydrogen-bond acceptors (Lipinski definition) is 4. The fourth-order valence-electron chi connectivity index (χ4n) is 2.79. The van der Waals surface area contributed by atoms with Crippen molar-refractivity contribution < 1.29 is 9.59 Å². The maximum Gasteiger partial charge on any atom is 0.252 e. The number of nitrogens with one attached hydrogen (secondary N) is 1. The quantitative estimate of drug-likeness (QED) is 0.935. The molecule has 1 aliphatic carbocycles. The number of pyridine rings is 1. The molecule has 120 valence electrons. The van der Waals surface area contributed by atoms with E-state index in [4.69, 9.17) is 11.6 Å². The molecule has 2 heterocycles. The number of hydrogen-bond donors (Lipinski definition) is 1. The van der Waals surface area contributed by atoms with E-state index in [-0.39, 0.29) is 18.2 Å². The third kappa shape index (κ3) is 2.99. The van der Waals surface area contributed by atoms with Crippen LogP contribution < -0.4 is 5.32 Å². The molecule has 0 fully saturated rings. The number of ketones is 1. The lowest BCUT2D eigenvalue weighted by Gasteiger charge is -2.18. The van der Waals surface area contributed by atoms with Gasteiger partial charge in [0, 0.05) is 19.2 Å². The Hall–Kier alpha value is -2.21. The average molecular weight is 333 g/mol. The van der Waals surface area contributed by atoms with E-state index in [2.05, 4.69) is 15.3 Å². The molecule has 0 aromatic carbocycles. The van der Waals surface area contributed by atoms with Crippen LogP contribution in [0, 0.1) is 6.92 Å². The highest BCUT2D eigenvalue weighted by molar-refractivity contribution is 6.29. The van der Waals surface area contributed by atoms with Crippen LogP contribution in [0.3, 0.4) is 0 Å². The normalized spacial score (nSPS) is 13.8. The Morgan fingerprint density at radius 2 is 2.22 bits per heavy atom. The van der Waals surface area contributed by atoms with E-state index in [1.165, 1.54) is 6.20 Å². The number of halogens is 1. The summed E-state index contributed by atoms with van der Waals surface area (Å²) < 4.78 is 1.69. The van der Waals surface area contributed by atoms with Gasteiger partial charge in [0.1, 0.15) is 11.0 Å². The van der Waals surface area contributed by atoms with E-state index in [0.29, 0.717) is 28.5 Å². The van der Waals surface area contributed by atoms with Gasteiger partial charge in [0.05, 0.1) is 29.6 Å². The van der Waals surface area contributed by atoms with Crippen molar-refractivity contribution >= 4 is 23.3 Å². The van der Waals surface area contributed by atoms with Gasteiger partial charge in [-0.2, -0.15) is 0 Å². The molecule has 23 heavy (non-hydrogen) atoms. The molecule has 0 unspecified atom stereocenters. The minimum absolute atomic E-state index is 0.0102. The van der Waals surface area contributed by atoms with Gasteiger partial charge in [-0.1, -0.05) is 11.6 Å². The van der Waals surface area contributed by atoms with Gasteiger partial charge in [-0.15, -0.1) is 0 Å². The van der Waals surface area contributed by atoms with Crippen LogP contribution in [0.5, 0.6) is 0 Å². The molecular weight excluding hydrogens is 316 g/mol. The number of Topliss-reactive ketones (excluding diaryl/α,β-unsaturated/α-hetero) is 1. The zero-order valence-corrected chi connectivity index (χ0v) is 13.8. The molecular formula is C16H17ClN4O2. The second-order valence-electron chi connectivity index (χ2n) is 5.65. The molecule has 0 saturated heterocycles. The summed E-state index contributed by atoms with van der Waals surface area (Å²) in [5, 5.41) is 3.31. The predicted molar refractivity (Wildman–Crippen MR) is 85.6 cm³/mol. The maximum atomic E-state index is 12.5. The average Bonchev–Trinajstić information content (AvgIpc) is 2.83. The summed E-state index contributed by atoms with van der Waals surface area (Å²) >= 11 is 5.93. The summed E-state index contributed by atoms with van der Waals surface area (Å²) in [7, 11) is 1.78. The number of fused-ring (bicyclic) bond motifs is 1. The predicted octanol–water partition coefficient (Wildman–Crippen LogP) is 2.23. The van der Waals surface area contributed by atoms with Crippen molar-refractivity contribution in [3.8, 4) is 0 Å². The summed E-state index contributed by atoms with van der Waals surface area (Å²) in [6.07, 6.45) is 3.52. The molecule has 7 heteroatoms. The van der Waals surface area contributed by atoms with Gasteiger partial charge in [-0.05, 0) is 25.8 Å². The summed E-state index contributed by atoms with van der Waals surface area (Å²) in [5.41, 5.74) is 2.34. The van der Waals surface area contributed by atoms with E-state index in [1.54, 1.807) is 17.7 Å². The second-order valence-corrected chi connectivity index (χ2v) is 6.04. The zero-order chi connectivity index (χ0) is 16.6. The number of imidazole rings is 1. The first-order chi connectivity index (χ1) is 11.0. The molecule has 0 saturated carbocycles. The Bertz CT molecular complexity index is 798. The first kappa shape index (κ1) is 15.7. The molecule has 0 aliphatic heterocycles. The van der Waals surface area contributed by atoms with Gasteiger partial charge >= 0.3 is 0 Å². The Labute approximate surface area is 138 Å². The zero-order valence-electron chi connectivity index (χ0n) is 13.0. The Balaban J connectivity index is 1.86. The third-order valence-corrected chi connectivity index (χ3v) is 4.35. The minimum atomic E-state index is -0.291. The smallest absolute Gasteiger partial charge is 0.252 e. The summed E-state index contributed by atoms with van der Waals surface area (Å²) in [4.78, 5) is 33.3. The van der Waals surface area contributed by atoms with Crippen molar-refractivity contribution in [3.63, 3.8) is 0 Å². The standard InChI is InChI=1S/C16H17ClN4O2/c1-9-6-10(15-11(20-9)4-3-5-12(15)22)16(23)19-8-14-18-7-13(17)21(14)2/h6-7H,3-5,8H2,1-2H3,(H,19,23). The number of aromatic nitrogens is 3. The molecule has 2 aromatic rings. The first-order valence-electron chi connectivity index (χ1n) is 7.45. The molecule has 0 bridgehead atoms. The summed E-state index contributed by atoms with van der Waals surface area (Å²) in [6.45, 7) is 2.07. The number of carbonyl (C=O) groups is 2. The van der Waals surface area contributed by atoms with Gasteiger partial charge in [-0.3, -0.25) is 14.6 Å². The van der Waals surface area contributed by atoms with Crippen molar-refractivity contribution in [1.29, 1.82) is 0 Å². The highest BCUT2D eigenvalue weighted by Gasteiger charge is 2.25. The number of rotatable bonds is 3. The highest BCUT2D eigenvalue weighted by Crippen LogP contribution is 2.24. The van der Waals surface area contributed by atoms with E-state index in [1.807, 2.05) is 6.92 Å². The van der Waals surface area contributed by atoms with Crippen LogP contribution >= 0.6 is 11.6 Å². The summed E-state index contributed by atoms with van der Waals surface area (Å²) in [5.74, 6) is 0.347. The molecule has 0 radical (unpaired) electrons. The molecule has 0 spiro atoms. The largest absolute Gasteiger partial charge is 0.345 e. The fourth-order valence-corrected chi connectivity index (χ4v) is 2.94. The molecule has 2 aromatic heterocycles. The molecule has 6 nitrogen and oxygen atoms in total. The van der Waals surface area contributed by atoms with Crippen molar-refractivity contribution in [2.24, 2.45) is 7.05 Å². The minimum Gasteiger partial charge on any atom is -0.345 e. The lowest BCUT2D eigenvalue weighted by Crippen LogP contribution is -2.28. The van der Waals surface area contributed by atoms with Crippen LogP contribution in [0.4, 0.5) is 0 Å². The van der Waals surface area contributed by atoms with Gasteiger partial charge in [0.15, 0.2) is 5.78 Å². The second kappa shape index (κ2) is 6.12. The molecule has 1 aliphatic rings. The Morgan fingerprint density at radius 3 is 2.91 bits per heavy atom. The molecule has 1 N–H and O–H groups in total. The Kier molecular flexibility index (Phi) is 4.17. The number of nitrogens with zero attached hydrogens (tertiary/aromatic N) is 3. The van der Waals surface area contributed by atoms with Gasteiger partial charge in [0.2, 0.25) is 0 Å². The van der Waals surface area contributed by atoms with E-state index in [0.717, 1.165) is 24.2 Å². The lowest BCUT2D eigenvalue weighted by atomic mass is 9.90. The lowest BCUT2D eigenvalue weighted by molar-refractivity contribution is 0.0923. The van der Waals surface area contributed by atoms with E-state index < -0.39 is 0 Å². The van der Waals surface area contributed by atoms with Crippen molar-refractivity contribution in [3.05, 3.63) is 45.8 Å². The molecule has 0 atom stereocenters. The van der Waals surface area contributed by atoms with Crippen LogP contribution in [-0.2, 0) is 20.0 Å². The van der Waals surface area contributed by atoms with Crippen molar-refractivity contribution in [1.82, 2.24) is 19.9 Å². The van der Waals surface area contributed by atoms with Crippen LogP contribution in [-0.4, -0.2) is 26.2 Å². The monoisotopic (exact) mass is 332 g/mol. The number of carbonyl (C=O) groups excluding carboxylic acids is 2. The maximum absolute atomic E-state index is 12.5. The van der Waals surface area contributed by atoms with E-state index in [9.17, 15) is 9.59 Å².